The standard InChI is InChI=1S/C26H34N2O.ClH/c1-3-8-19(9-4-1)22-16-21-13-15-29-26(21)23(17-22)18-28-24-12-7-14-27-25(24)20-10-5-2-6-11-20;/h2,5-6,10-11,16-17,19,24-25,27-28H,1,3-4,7-9,12-15,18H2;1H/t24-,25-;/m0./s1. The highest BCUT2D eigenvalue weighted by atomic mass is 35.5. The number of nitrogens with one attached hydrogen (secondary N) is 2. The summed E-state index contributed by atoms with van der Waals surface area (Å²) >= 11 is 0. The van der Waals surface area contributed by atoms with Gasteiger partial charge in [0.2, 0.25) is 0 Å². The van der Waals surface area contributed by atoms with E-state index in [2.05, 4.69) is 53.1 Å². The van der Waals surface area contributed by atoms with Crippen LogP contribution in [0.2, 0.25) is 0 Å². The summed E-state index contributed by atoms with van der Waals surface area (Å²) in [6.07, 6.45) is 10.4. The van der Waals surface area contributed by atoms with Gasteiger partial charge in [-0.25, -0.2) is 0 Å². The van der Waals surface area contributed by atoms with Gasteiger partial charge in [0, 0.05) is 30.6 Å². The van der Waals surface area contributed by atoms with Gasteiger partial charge in [0.15, 0.2) is 0 Å². The second kappa shape index (κ2) is 10.2. The molecule has 0 bridgehead atoms. The topological polar surface area (TPSA) is 33.3 Å². The first-order chi connectivity index (χ1) is 14.4. The van der Waals surface area contributed by atoms with Gasteiger partial charge in [-0.3, -0.25) is 0 Å². The number of rotatable bonds is 5. The number of hydrogen-bond acceptors (Lipinski definition) is 3. The first kappa shape index (κ1) is 21.7. The average molecular weight is 427 g/mol. The van der Waals surface area contributed by atoms with Gasteiger partial charge in [-0.05, 0) is 54.8 Å². The molecule has 2 heterocycles. The molecule has 2 N–H and O–H groups in total. The second-order valence-corrected chi connectivity index (χ2v) is 9.07. The molecule has 1 saturated heterocycles. The molecule has 5 rings (SSSR count). The number of piperidine rings is 1. The van der Waals surface area contributed by atoms with Gasteiger partial charge < -0.3 is 15.4 Å². The third-order valence-corrected chi connectivity index (χ3v) is 7.13. The van der Waals surface area contributed by atoms with Gasteiger partial charge in [0.1, 0.15) is 5.75 Å². The fourth-order valence-electron chi connectivity index (χ4n) is 5.58. The van der Waals surface area contributed by atoms with Crippen LogP contribution < -0.4 is 15.4 Å². The van der Waals surface area contributed by atoms with Crippen LogP contribution in [0.1, 0.15) is 79.2 Å². The minimum absolute atomic E-state index is 0. The Labute approximate surface area is 187 Å². The molecule has 1 saturated carbocycles. The Kier molecular flexibility index (Phi) is 7.35. The molecule has 2 aromatic carbocycles. The summed E-state index contributed by atoms with van der Waals surface area (Å²) in [5.41, 5.74) is 5.76. The summed E-state index contributed by atoms with van der Waals surface area (Å²) in [4.78, 5) is 0. The molecule has 0 unspecified atom stereocenters. The Hall–Kier alpha value is -1.55. The van der Waals surface area contributed by atoms with Crippen molar-refractivity contribution in [3.05, 3.63) is 64.7 Å². The highest BCUT2D eigenvalue weighted by molar-refractivity contribution is 5.85. The van der Waals surface area contributed by atoms with Crippen molar-refractivity contribution in [3.63, 3.8) is 0 Å². The van der Waals surface area contributed by atoms with E-state index in [0.29, 0.717) is 12.1 Å². The van der Waals surface area contributed by atoms with Crippen LogP contribution in [0.3, 0.4) is 0 Å². The fourth-order valence-corrected chi connectivity index (χ4v) is 5.58. The minimum Gasteiger partial charge on any atom is -0.493 e. The van der Waals surface area contributed by atoms with E-state index >= 15 is 0 Å². The maximum atomic E-state index is 6.07. The maximum absolute atomic E-state index is 6.07. The van der Waals surface area contributed by atoms with Crippen LogP contribution in [0.5, 0.6) is 5.75 Å². The Morgan fingerprint density at radius 3 is 2.60 bits per heavy atom. The van der Waals surface area contributed by atoms with Crippen molar-refractivity contribution in [1.82, 2.24) is 10.6 Å². The lowest BCUT2D eigenvalue weighted by Crippen LogP contribution is -2.45. The molecule has 30 heavy (non-hydrogen) atoms. The molecule has 2 fully saturated rings. The molecular formula is C26H35ClN2O. The average Bonchev–Trinajstić information content (AvgIpc) is 3.28. The van der Waals surface area contributed by atoms with Crippen molar-refractivity contribution in [3.8, 4) is 5.75 Å². The maximum Gasteiger partial charge on any atom is 0.127 e. The van der Waals surface area contributed by atoms with Crippen molar-refractivity contribution < 1.29 is 4.74 Å². The second-order valence-electron chi connectivity index (χ2n) is 9.07. The molecule has 1 aliphatic carbocycles. The largest absolute Gasteiger partial charge is 0.493 e. The highest BCUT2D eigenvalue weighted by Gasteiger charge is 2.27. The molecule has 0 amide bonds. The number of halogens is 1. The van der Waals surface area contributed by atoms with Gasteiger partial charge in [0.25, 0.3) is 0 Å². The summed E-state index contributed by atoms with van der Waals surface area (Å²) in [5.74, 6) is 1.92. The molecule has 2 atom stereocenters. The lowest BCUT2D eigenvalue weighted by Gasteiger charge is -2.34. The lowest BCUT2D eigenvalue weighted by molar-refractivity contribution is 0.301. The zero-order valence-electron chi connectivity index (χ0n) is 17.9. The van der Waals surface area contributed by atoms with Crippen LogP contribution in [-0.4, -0.2) is 19.2 Å². The number of fused-ring (bicyclic) bond motifs is 1. The quantitative estimate of drug-likeness (QED) is 0.645. The van der Waals surface area contributed by atoms with E-state index in [-0.39, 0.29) is 12.4 Å². The van der Waals surface area contributed by atoms with E-state index in [1.165, 1.54) is 61.6 Å². The molecule has 3 aliphatic rings. The van der Waals surface area contributed by atoms with Gasteiger partial charge in [0.05, 0.1) is 6.61 Å². The SMILES string of the molecule is Cl.c1ccc([C@@H]2NCCC[C@@H]2NCc2cc(C3CCCCC3)cc3c2OCC3)cc1. The molecule has 0 radical (unpaired) electrons. The van der Waals surface area contributed by atoms with Crippen molar-refractivity contribution in [1.29, 1.82) is 0 Å². The minimum atomic E-state index is 0. The molecule has 0 aromatic heterocycles. The zero-order chi connectivity index (χ0) is 19.5. The number of benzene rings is 2. The molecular weight excluding hydrogens is 392 g/mol. The zero-order valence-corrected chi connectivity index (χ0v) is 18.7. The lowest BCUT2D eigenvalue weighted by atomic mass is 9.82. The normalized spacial score (nSPS) is 24.0. The molecule has 2 aliphatic heterocycles. The summed E-state index contributed by atoms with van der Waals surface area (Å²) in [7, 11) is 0. The predicted molar refractivity (Wildman–Crippen MR) is 126 cm³/mol. The molecule has 0 spiro atoms. The first-order valence-corrected chi connectivity index (χ1v) is 11.7. The van der Waals surface area contributed by atoms with Crippen LogP contribution in [0, 0.1) is 0 Å². The Bertz CT molecular complexity index is 819. The van der Waals surface area contributed by atoms with Gasteiger partial charge >= 0.3 is 0 Å². The Morgan fingerprint density at radius 2 is 1.77 bits per heavy atom. The highest BCUT2D eigenvalue weighted by Crippen LogP contribution is 2.38. The molecule has 162 valence electrons. The molecule has 3 nitrogen and oxygen atoms in total. The summed E-state index contributed by atoms with van der Waals surface area (Å²) in [6.45, 7) is 2.85. The van der Waals surface area contributed by atoms with E-state index in [1.807, 2.05) is 0 Å². The van der Waals surface area contributed by atoms with E-state index < -0.39 is 0 Å². The Balaban J connectivity index is 0.00000218. The number of hydrogen-bond donors (Lipinski definition) is 2. The van der Waals surface area contributed by atoms with Crippen LogP contribution in [0.4, 0.5) is 0 Å². The van der Waals surface area contributed by atoms with Crippen molar-refractivity contribution >= 4 is 12.4 Å². The first-order valence-electron chi connectivity index (χ1n) is 11.7. The summed E-state index contributed by atoms with van der Waals surface area (Å²) in [6, 6.07) is 16.7. The summed E-state index contributed by atoms with van der Waals surface area (Å²) < 4.78 is 6.07. The third kappa shape index (κ3) is 4.69. The van der Waals surface area contributed by atoms with Gasteiger partial charge in [-0.15, -0.1) is 12.4 Å². The van der Waals surface area contributed by atoms with Gasteiger partial charge in [-0.2, -0.15) is 0 Å². The van der Waals surface area contributed by atoms with Crippen LogP contribution in [-0.2, 0) is 13.0 Å². The van der Waals surface area contributed by atoms with E-state index in [0.717, 1.165) is 37.8 Å². The molecule has 2 aromatic rings. The summed E-state index contributed by atoms with van der Waals surface area (Å²) in [5, 5.41) is 7.65. The monoisotopic (exact) mass is 426 g/mol. The van der Waals surface area contributed by atoms with Gasteiger partial charge in [-0.1, -0.05) is 61.7 Å². The molecule has 4 heteroatoms. The van der Waals surface area contributed by atoms with E-state index in [4.69, 9.17) is 4.74 Å². The van der Waals surface area contributed by atoms with E-state index in [9.17, 15) is 0 Å². The van der Waals surface area contributed by atoms with Crippen molar-refractivity contribution in [2.45, 2.75) is 75.9 Å². The predicted octanol–water partition coefficient (Wildman–Crippen LogP) is 5.67. The van der Waals surface area contributed by atoms with E-state index in [1.54, 1.807) is 5.56 Å². The third-order valence-electron chi connectivity index (χ3n) is 7.13. The Morgan fingerprint density at radius 1 is 0.933 bits per heavy atom. The van der Waals surface area contributed by atoms with Crippen molar-refractivity contribution in [2.24, 2.45) is 0 Å². The van der Waals surface area contributed by atoms with Crippen molar-refractivity contribution in [2.75, 3.05) is 13.2 Å². The number of ether oxygens (including phenoxy) is 1. The van der Waals surface area contributed by atoms with Crippen LogP contribution in [0.15, 0.2) is 42.5 Å². The fraction of sp³-hybridized carbons (Fsp3) is 0.538. The smallest absolute Gasteiger partial charge is 0.127 e. The van der Waals surface area contributed by atoms with Crippen LogP contribution in [0.25, 0.3) is 0 Å². The van der Waals surface area contributed by atoms with Crippen LogP contribution >= 0.6 is 12.4 Å².